The van der Waals surface area contributed by atoms with Gasteiger partial charge in [0.1, 0.15) is 19.8 Å². The van der Waals surface area contributed by atoms with Crippen LogP contribution in [0.1, 0.15) is 168 Å². The van der Waals surface area contributed by atoms with Crippen LogP contribution in [0, 0.1) is 0 Å². The zero-order chi connectivity index (χ0) is 44.3. The number of rotatable bonds is 41. The van der Waals surface area contributed by atoms with Crippen LogP contribution >= 0.6 is 7.82 Å². The van der Waals surface area contributed by atoms with E-state index in [9.17, 15) is 19.0 Å². The van der Waals surface area contributed by atoms with E-state index in [4.69, 9.17) is 18.5 Å². The van der Waals surface area contributed by atoms with Crippen molar-refractivity contribution in [2.75, 3.05) is 47.5 Å². The molecular weight excluding hydrogens is 774 g/mol. The molecule has 0 spiro atoms. The number of nitrogens with zero attached hydrogens (tertiary/aromatic N) is 1. The van der Waals surface area contributed by atoms with Crippen LogP contribution in [0.2, 0.25) is 0 Å². The Morgan fingerprint density at radius 1 is 0.533 bits per heavy atom. The van der Waals surface area contributed by atoms with Crippen LogP contribution in [-0.4, -0.2) is 74.9 Å². The van der Waals surface area contributed by atoms with Crippen LogP contribution in [0.15, 0.2) is 85.1 Å². The molecule has 9 nitrogen and oxygen atoms in total. The third-order valence-electron chi connectivity index (χ3n) is 9.41. The molecule has 0 heterocycles. The summed E-state index contributed by atoms with van der Waals surface area (Å²) in [6.45, 7) is 4.22. The third-order valence-corrected chi connectivity index (χ3v) is 10.4. The molecule has 0 aliphatic rings. The normalized spacial score (nSPS) is 14.3. The Bertz CT molecular complexity index is 1290. The molecular formula is C50H87NO8P+. The number of unbranched alkanes of at least 4 members (excludes halogenated alkanes) is 13. The van der Waals surface area contributed by atoms with E-state index >= 15 is 0 Å². The maximum atomic E-state index is 12.7. The molecule has 0 amide bonds. The average Bonchev–Trinajstić information content (AvgIpc) is 3.20. The van der Waals surface area contributed by atoms with E-state index in [0.29, 0.717) is 17.4 Å². The quantitative estimate of drug-likeness (QED) is 0.0213. The lowest BCUT2D eigenvalue weighted by atomic mass is 10.1. The van der Waals surface area contributed by atoms with Gasteiger partial charge in [-0.1, -0.05) is 150 Å². The number of quaternary nitrogens is 1. The van der Waals surface area contributed by atoms with Gasteiger partial charge in [0.15, 0.2) is 6.10 Å². The first-order valence-electron chi connectivity index (χ1n) is 23.3. The molecule has 0 aliphatic heterocycles. The van der Waals surface area contributed by atoms with Crippen molar-refractivity contribution < 1.29 is 42.1 Å². The number of ether oxygens (including phenoxy) is 2. The van der Waals surface area contributed by atoms with E-state index in [1.54, 1.807) is 0 Å². The number of phosphoric ester groups is 1. The topological polar surface area (TPSA) is 108 Å². The molecule has 0 radical (unpaired) electrons. The molecule has 10 heteroatoms. The van der Waals surface area contributed by atoms with Gasteiger partial charge in [-0.05, 0) is 89.9 Å². The second-order valence-corrected chi connectivity index (χ2v) is 17.9. The number of esters is 2. The summed E-state index contributed by atoms with van der Waals surface area (Å²) in [6.07, 6.45) is 53.4. The standard InChI is InChI=1S/C50H86NO8P/c1-6-8-10-12-14-16-18-20-22-24-25-27-29-31-33-35-37-39-41-43-50(53)59-48(47-58-60(54,55)57-45-44-51(3,4)5)46-56-49(52)42-40-38-36-34-32-30-28-26-23-21-19-17-15-13-11-9-7-2/h8,10,14-17,20-23,25,27,31,33,48H,6-7,9,11-13,18-19,24,26,28-30,32,34-47H2,1-5H3/p+1/b10-8-,16-14-,17-15-,22-20-,23-21-,27-25-,33-31-. The molecule has 2 atom stereocenters. The molecule has 60 heavy (non-hydrogen) atoms. The van der Waals surface area contributed by atoms with Crippen molar-refractivity contribution in [3.8, 4) is 0 Å². The van der Waals surface area contributed by atoms with Crippen molar-refractivity contribution >= 4 is 19.8 Å². The summed E-state index contributed by atoms with van der Waals surface area (Å²) in [5.74, 6) is -0.852. The minimum atomic E-state index is -4.39. The summed E-state index contributed by atoms with van der Waals surface area (Å²) in [5.41, 5.74) is 0. The molecule has 0 aromatic rings. The molecule has 1 N–H and O–H groups in total. The number of carbonyl (C=O) groups is 2. The number of hydrogen-bond donors (Lipinski definition) is 1. The van der Waals surface area contributed by atoms with Gasteiger partial charge >= 0.3 is 19.8 Å². The molecule has 0 aromatic carbocycles. The van der Waals surface area contributed by atoms with Crippen molar-refractivity contribution in [2.45, 2.75) is 174 Å². The summed E-state index contributed by atoms with van der Waals surface area (Å²) in [4.78, 5) is 35.4. The van der Waals surface area contributed by atoms with E-state index in [-0.39, 0.29) is 32.0 Å². The summed E-state index contributed by atoms with van der Waals surface area (Å²) in [5, 5.41) is 0. The van der Waals surface area contributed by atoms with Crippen LogP contribution in [0.3, 0.4) is 0 Å². The average molecular weight is 861 g/mol. The Morgan fingerprint density at radius 3 is 1.43 bits per heavy atom. The number of phosphoric acid groups is 1. The number of hydrogen-bond acceptors (Lipinski definition) is 7. The lowest BCUT2D eigenvalue weighted by Crippen LogP contribution is -2.37. The molecule has 0 saturated heterocycles. The van der Waals surface area contributed by atoms with Gasteiger partial charge in [-0.3, -0.25) is 18.6 Å². The molecule has 344 valence electrons. The predicted molar refractivity (Wildman–Crippen MR) is 252 cm³/mol. The zero-order valence-corrected chi connectivity index (χ0v) is 39.6. The minimum Gasteiger partial charge on any atom is -0.462 e. The molecule has 0 saturated carbocycles. The Hall–Kier alpha value is -2.81. The van der Waals surface area contributed by atoms with Gasteiger partial charge in [0.2, 0.25) is 0 Å². The van der Waals surface area contributed by atoms with Crippen molar-refractivity contribution in [1.82, 2.24) is 0 Å². The SMILES string of the molecule is CC/C=C\C/C=C\C/C=C\C/C=C\C/C=C\CCCCCC(=O)OC(COC(=O)CCCCCCCCC/C=C\C/C=C\CCCCC)COP(=O)(O)OCC[N+](C)(C)C. The van der Waals surface area contributed by atoms with E-state index < -0.39 is 26.5 Å². The molecule has 0 aliphatic carbocycles. The highest BCUT2D eigenvalue weighted by atomic mass is 31.2. The van der Waals surface area contributed by atoms with Gasteiger partial charge in [0, 0.05) is 12.8 Å². The Morgan fingerprint density at radius 2 is 0.950 bits per heavy atom. The van der Waals surface area contributed by atoms with E-state index in [1.807, 2.05) is 21.1 Å². The summed E-state index contributed by atoms with van der Waals surface area (Å²) in [7, 11) is 1.43. The van der Waals surface area contributed by atoms with Crippen molar-refractivity contribution in [1.29, 1.82) is 0 Å². The van der Waals surface area contributed by atoms with Gasteiger partial charge in [-0.2, -0.15) is 0 Å². The van der Waals surface area contributed by atoms with Gasteiger partial charge in [-0.25, -0.2) is 4.57 Å². The Labute approximate surface area is 367 Å². The fourth-order valence-electron chi connectivity index (χ4n) is 5.77. The van der Waals surface area contributed by atoms with Crippen LogP contribution < -0.4 is 0 Å². The van der Waals surface area contributed by atoms with Gasteiger partial charge in [0.25, 0.3) is 0 Å². The molecule has 0 bridgehead atoms. The molecule has 0 fully saturated rings. The number of allylic oxidation sites excluding steroid dienone is 14. The first-order chi connectivity index (χ1) is 29.0. The predicted octanol–water partition coefficient (Wildman–Crippen LogP) is 13.6. The van der Waals surface area contributed by atoms with E-state index in [1.165, 1.54) is 44.9 Å². The van der Waals surface area contributed by atoms with E-state index in [0.717, 1.165) is 89.9 Å². The third kappa shape index (κ3) is 44.7. The smallest absolute Gasteiger partial charge is 0.462 e. The summed E-state index contributed by atoms with van der Waals surface area (Å²) < 4.78 is 34.3. The lowest BCUT2D eigenvalue weighted by molar-refractivity contribution is -0.870. The van der Waals surface area contributed by atoms with Crippen LogP contribution in [0.4, 0.5) is 0 Å². The van der Waals surface area contributed by atoms with Gasteiger partial charge in [-0.15, -0.1) is 0 Å². The molecule has 0 rings (SSSR count). The lowest BCUT2D eigenvalue weighted by Gasteiger charge is -2.24. The van der Waals surface area contributed by atoms with E-state index in [2.05, 4.69) is 98.9 Å². The molecule has 2 unspecified atom stereocenters. The highest BCUT2D eigenvalue weighted by Crippen LogP contribution is 2.43. The molecule has 0 aromatic heterocycles. The minimum absolute atomic E-state index is 0.0189. The van der Waals surface area contributed by atoms with Crippen LogP contribution in [-0.2, 0) is 32.7 Å². The van der Waals surface area contributed by atoms with Crippen LogP contribution in [0.5, 0.6) is 0 Å². The largest absolute Gasteiger partial charge is 0.472 e. The Balaban J connectivity index is 4.42. The fourth-order valence-corrected chi connectivity index (χ4v) is 6.52. The Kier molecular flexibility index (Phi) is 39.6. The van der Waals surface area contributed by atoms with Gasteiger partial charge < -0.3 is 18.9 Å². The second kappa shape index (κ2) is 41.5. The van der Waals surface area contributed by atoms with Crippen LogP contribution in [0.25, 0.3) is 0 Å². The monoisotopic (exact) mass is 861 g/mol. The second-order valence-electron chi connectivity index (χ2n) is 16.4. The maximum absolute atomic E-state index is 12.7. The first kappa shape index (κ1) is 57.2. The first-order valence-corrected chi connectivity index (χ1v) is 24.8. The van der Waals surface area contributed by atoms with Crippen molar-refractivity contribution in [3.63, 3.8) is 0 Å². The zero-order valence-electron chi connectivity index (χ0n) is 38.7. The fraction of sp³-hybridized carbons (Fsp3) is 0.680. The summed E-state index contributed by atoms with van der Waals surface area (Å²) >= 11 is 0. The van der Waals surface area contributed by atoms with Crippen molar-refractivity contribution in [2.24, 2.45) is 0 Å². The highest BCUT2D eigenvalue weighted by Gasteiger charge is 2.27. The number of likely N-dealkylation sites (N-methyl/N-ethyl adjacent to an activating group) is 1. The van der Waals surface area contributed by atoms with Gasteiger partial charge in [0.05, 0.1) is 27.7 Å². The highest BCUT2D eigenvalue weighted by molar-refractivity contribution is 7.47. The maximum Gasteiger partial charge on any atom is 0.472 e. The number of carbonyl (C=O) groups excluding carboxylic acids is 2. The van der Waals surface area contributed by atoms with Crippen molar-refractivity contribution in [3.05, 3.63) is 85.1 Å². The summed E-state index contributed by atoms with van der Waals surface area (Å²) in [6, 6.07) is 0.